The topological polar surface area (TPSA) is 144 Å². The van der Waals surface area contributed by atoms with Crippen LogP contribution < -0.4 is 15.5 Å². The molecule has 4 rings (SSSR count). The smallest absolute Gasteiger partial charge is 0.318 e. The lowest BCUT2D eigenvalue weighted by Crippen LogP contribution is -2.41. The van der Waals surface area contributed by atoms with Crippen LogP contribution in [0.4, 0.5) is 16.3 Å². The number of amides is 3. The molecule has 0 aliphatic carbocycles. The number of hydrogen-bond acceptors (Lipinski definition) is 8. The van der Waals surface area contributed by atoms with Crippen LogP contribution in [-0.4, -0.2) is 84.1 Å². The maximum Gasteiger partial charge on any atom is 0.318 e. The maximum absolute atomic E-state index is 12.7. The molecule has 0 unspecified atom stereocenters. The Bertz CT molecular complexity index is 1200. The Hall–Kier alpha value is -3.73. The number of nitrogens with one attached hydrogen (secondary N) is 3. The number of rotatable bonds is 6. The number of urea groups is 1. The first kappa shape index (κ1) is 28.3. The van der Waals surface area contributed by atoms with Gasteiger partial charge in [-0.05, 0) is 42.5 Å². The number of carbonyl (C=O) groups is 2. The molecule has 2 aliphatic rings. The molecule has 39 heavy (non-hydrogen) atoms. The molecule has 2 fully saturated rings. The third-order valence-electron chi connectivity index (χ3n) is 7.00. The largest absolute Gasteiger partial charge is 0.503 e. The zero-order chi connectivity index (χ0) is 28.2. The first-order valence-corrected chi connectivity index (χ1v) is 13.4. The number of anilines is 2. The Balaban J connectivity index is 1.59. The number of morpholine rings is 1. The number of aromatic hydroxyl groups is 1. The number of benzene rings is 1. The molecular weight excluding hydrogens is 498 g/mol. The van der Waals surface area contributed by atoms with E-state index in [1.54, 1.807) is 31.3 Å². The van der Waals surface area contributed by atoms with Crippen LogP contribution in [0.3, 0.4) is 0 Å². The zero-order valence-electron chi connectivity index (χ0n) is 23.2. The molecule has 3 heterocycles. The number of nitrogens with zero attached hydrogens (tertiary/aromatic N) is 4. The minimum atomic E-state index is -0.319. The summed E-state index contributed by atoms with van der Waals surface area (Å²) in [6, 6.07) is 6.79. The molecule has 1 aromatic carbocycles. The van der Waals surface area contributed by atoms with Gasteiger partial charge in [-0.3, -0.25) is 4.79 Å². The molecule has 2 saturated heterocycles. The predicted octanol–water partition coefficient (Wildman–Crippen LogP) is 3.48. The van der Waals surface area contributed by atoms with Crippen LogP contribution in [-0.2, 0) is 9.53 Å². The van der Waals surface area contributed by atoms with Crippen molar-refractivity contribution >= 4 is 29.2 Å². The van der Waals surface area contributed by atoms with Gasteiger partial charge >= 0.3 is 6.03 Å². The number of carbonyl (C=O) groups excluding carboxylic acids is 2. The number of hydrogen-bond donors (Lipinski definition) is 4. The van der Waals surface area contributed by atoms with Crippen LogP contribution in [0.1, 0.15) is 45.7 Å². The van der Waals surface area contributed by atoms with Crippen molar-refractivity contribution in [3.8, 4) is 17.1 Å². The lowest BCUT2D eigenvalue weighted by Gasteiger charge is -2.34. The molecule has 0 saturated carbocycles. The Morgan fingerprint density at radius 1 is 1.08 bits per heavy atom. The van der Waals surface area contributed by atoms with Crippen molar-refractivity contribution in [2.24, 2.45) is 11.3 Å². The predicted molar refractivity (Wildman–Crippen MR) is 150 cm³/mol. The SMILES string of the molecule is CNC(=O)Nc1ccc(-c2nc(C(=N)C3CCN(C(=O)CC(C)(C)C)CC3)c(O)c(N3CCOCC3)n2)cc1. The van der Waals surface area contributed by atoms with Crippen molar-refractivity contribution < 1.29 is 19.4 Å². The van der Waals surface area contributed by atoms with Crippen molar-refractivity contribution in [3.63, 3.8) is 0 Å². The van der Waals surface area contributed by atoms with Gasteiger partial charge in [0.15, 0.2) is 17.4 Å². The van der Waals surface area contributed by atoms with E-state index in [9.17, 15) is 14.7 Å². The summed E-state index contributed by atoms with van der Waals surface area (Å²) in [5.74, 6) is 0.680. The summed E-state index contributed by atoms with van der Waals surface area (Å²) in [7, 11) is 1.55. The normalized spacial score (nSPS) is 16.6. The quantitative estimate of drug-likeness (QED) is 0.413. The fraction of sp³-hybridized carbons (Fsp3) is 0.536. The fourth-order valence-corrected chi connectivity index (χ4v) is 4.83. The van der Waals surface area contributed by atoms with Gasteiger partial charge in [0.05, 0.1) is 18.9 Å². The molecule has 11 heteroatoms. The molecule has 4 N–H and O–H groups in total. The van der Waals surface area contributed by atoms with Crippen molar-refractivity contribution in [3.05, 3.63) is 30.0 Å². The van der Waals surface area contributed by atoms with Gasteiger partial charge in [-0.15, -0.1) is 0 Å². The van der Waals surface area contributed by atoms with Crippen LogP contribution in [0.5, 0.6) is 5.75 Å². The van der Waals surface area contributed by atoms with Crippen molar-refractivity contribution in [1.29, 1.82) is 5.41 Å². The highest BCUT2D eigenvalue weighted by Crippen LogP contribution is 2.35. The highest BCUT2D eigenvalue weighted by molar-refractivity contribution is 6.02. The number of piperidine rings is 1. The van der Waals surface area contributed by atoms with E-state index in [1.807, 2.05) is 9.80 Å². The van der Waals surface area contributed by atoms with Crippen LogP contribution in [0.2, 0.25) is 0 Å². The second-order valence-electron chi connectivity index (χ2n) is 11.3. The van der Waals surface area contributed by atoms with Crippen LogP contribution in [0.15, 0.2) is 24.3 Å². The molecule has 0 bridgehead atoms. The summed E-state index contributed by atoms with van der Waals surface area (Å²) in [6.45, 7) is 9.51. The van der Waals surface area contributed by atoms with E-state index < -0.39 is 0 Å². The fourth-order valence-electron chi connectivity index (χ4n) is 4.83. The summed E-state index contributed by atoms with van der Waals surface area (Å²) < 4.78 is 5.48. The van der Waals surface area contributed by atoms with E-state index in [0.717, 1.165) is 0 Å². The van der Waals surface area contributed by atoms with Gasteiger partial charge in [-0.1, -0.05) is 20.8 Å². The van der Waals surface area contributed by atoms with Gasteiger partial charge in [0.1, 0.15) is 5.69 Å². The molecule has 2 aliphatic heterocycles. The van der Waals surface area contributed by atoms with Crippen molar-refractivity contribution in [1.82, 2.24) is 20.2 Å². The van der Waals surface area contributed by atoms with Crippen molar-refractivity contribution in [2.75, 3.05) is 56.7 Å². The van der Waals surface area contributed by atoms with E-state index in [4.69, 9.17) is 15.1 Å². The van der Waals surface area contributed by atoms with Gasteiger partial charge in [0, 0.05) is 56.8 Å². The first-order chi connectivity index (χ1) is 18.6. The summed E-state index contributed by atoms with van der Waals surface area (Å²) in [5.41, 5.74) is 1.71. The minimum Gasteiger partial charge on any atom is -0.503 e. The standard InChI is InChI=1S/C28H39N7O4/c1-28(2,3)17-21(36)34-11-9-18(10-12-34)22(29)23-24(37)26(35-13-15-39-16-14-35)33-25(32-23)19-5-7-20(8-6-19)31-27(38)30-4/h5-8,18,29,37H,9-17H2,1-4H3,(H2,30,31,38). The van der Waals surface area contributed by atoms with Gasteiger partial charge in [-0.2, -0.15) is 0 Å². The van der Waals surface area contributed by atoms with Gasteiger partial charge in [-0.25, -0.2) is 14.8 Å². The second kappa shape index (κ2) is 12.0. The molecule has 0 spiro atoms. The monoisotopic (exact) mass is 537 g/mol. The lowest BCUT2D eigenvalue weighted by molar-refractivity contribution is -0.134. The van der Waals surface area contributed by atoms with E-state index in [0.29, 0.717) is 81.5 Å². The molecular formula is C28H39N7O4. The van der Waals surface area contributed by atoms with E-state index in [2.05, 4.69) is 36.4 Å². The molecule has 2 aromatic rings. The highest BCUT2D eigenvalue weighted by Gasteiger charge is 2.31. The Morgan fingerprint density at radius 2 is 1.72 bits per heavy atom. The van der Waals surface area contributed by atoms with Crippen LogP contribution in [0, 0.1) is 16.7 Å². The average molecular weight is 538 g/mol. The Morgan fingerprint density at radius 3 is 2.31 bits per heavy atom. The molecule has 0 atom stereocenters. The average Bonchev–Trinajstić information content (AvgIpc) is 2.93. The Labute approximate surface area is 229 Å². The van der Waals surface area contributed by atoms with Crippen LogP contribution in [0.25, 0.3) is 11.4 Å². The molecule has 3 amide bonds. The van der Waals surface area contributed by atoms with E-state index >= 15 is 0 Å². The minimum absolute atomic E-state index is 0.0730. The third-order valence-corrected chi connectivity index (χ3v) is 7.00. The van der Waals surface area contributed by atoms with Gasteiger partial charge in [0.2, 0.25) is 5.91 Å². The third kappa shape index (κ3) is 7.03. The van der Waals surface area contributed by atoms with Crippen molar-refractivity contribution in [2.45, 2.75) is 40.0 Å². The van der Waals surface area contributed by atoms with Gasteiger partial charge < -0.3 is 35.7 Å². The molecule has 210 valence electrons. The second-order valence-corrected chi connectivity index (χ2v) is 11.3. The summed E-state index contributed by atoms with van der Waals surface area (Å²) in [5, 5.41) is 25.6. The number of likely N-dealkylation sites (tertiary alicyclic amines) is 1. The lowest BCUT2D eigenvalue weighted by atomic mass is 9.88. The number of aromatic nitrogens is 2. The highest BCUT2D eigenvalue weighted by atomic mass is 16.5. The maximum atomic E-state index is 12.7. The zero-order valence-corrected chi connectivity index (χ0v) is 23.2. The number of ether oxygens (including phenoxy) is 1. The van der Waals surface area contributed by atoms with Crippen LogP contribution >= 0.6 is 0 Å². The summed E-state index contributed by atoms with van der Waals surface area (Å²) in [4.78, 5) is 37.5. The molecule has 0 radical (unpaired) electrons. The Kier molecular flexibility index (Phi) is 8.69. The molecule has 11 nitrogen and oxygen atoms in total. The summed E-state index contributed by atoms with van der Waals surface area (Å²) in [6.07, 6.45) is 1.77. The van der Waals surface area contributed by atoms with E-state index in [-0.39, 0.29) is 40.4 Å². The first-order valence-electron chi connectivity index (χ1n) is 13.4. The summed E-state index contributed by atoms with van der Waals surface area (Å²) >= 11 is 0. The molecule has 1 aromatic heterocycles. The van der Waals surface area contributed by atoms with E-state index in [1.165, 1.54) is 0 Å². The van der Waals surface area contributed by atoms with Gasteiger partial charge in [0.25, 0.3) is 0 Å².